The summed E-state index contributed by atoms with van der Waals surface area (Å²) < 4.78 is 5.64. The van der Waals surface area contributed by atoms with Gasteiger partial charge in [0.1, 0.15) is 5.41 Å². The van der Waals surface area contributed by atoms with Crippen LogP contribution in [-0.4, -0.2) is 61.6 Å². The second-order valence-electron chi connectivity index (χ2n) is 12.2. The SMILES string of the molecule is CC(C)CNNC(=O)[C@@](CC(C)C)(C(=O)CN1CCCC1)[C@H](CC=Cc1ccccc1)C(=O)NOC1CCCCO1. The van der Waals surface area contributed by atoms with Crippen LogP contribution in [0.25, 0.3) is 6.08 Å². The Kier molecular flexibility index (Phi) is 13.5. The summed E-state index contributed by atoms with van der Waals surface area (Å²) in [6, 6.07) is 9.77. The highest BCUT2D eigenvalue weighted by Crippen LogP contribution is 2.40. The first-order valence-electron chi connectivity index (χ1n) is 15.3. The molecule has 2 amide bonds. The van der Waals surface area contributed by atoms with Gasteiger partial charge in [-0.05, 0) is 69.0 Å². The quantitative estimate of drug-likeness (QED) is 0.201. The molecule has 1 aromatic rings. The number of amides is 2. The minimum Gasteiger partial charge on any atom is -0.350 e. The van der Waals surface area contributed by atoms with E-state index in [9.17, 15) is 14.4 Å². The number of benzene rings is 1. The molecule has 0 spiro atoms. The first-order chi connectivity index (χ1) is 19.7. The Morgan fingerprint density at radius 2 is 1.78 bits per heavy atom. The van der Waals surface area contributed by atoms with E-state index in [0.29, 0.717) is 19.6 Å². The molecule has 0 aliphatic carbocycles. The molecular weight excluding hydrogens is 520 g/mol. The van der Waals surface area contributed by atoms with Crippen LogP contribution >= 0.6 is 0 Å². The molecule has 0 bridgehead atoms. The highest BCUT2D eigenvalue weighted by atomic mass is 16.8. The zero-order valence-corrected chi connectivity index (χ0v) is 25.3. The maximum absolute atomic E-state index is 14.4. The van der Waals surface area contributed by atoms with Crippen LogP contribution in [0, 0.1) is 23.2 Å². The molecule has 228 valence electrons. The van der Waals surface area contributed by atoms with E-state index in [0.717, 1.165) is 44.3 Å². The molecule has 0 radical (unpaired) electrons. The summed E-state index contributed by atoms with van der Waals surface area (Å²) in [6.45, 7) is 10.9. The molecule has 0 aromatic heterocycles. The summed E-state index contributed by atoms with van der Waals surface area (Å²) in [5, 5.41) is 0. The Labute approximate surface area is 245 Å². The molecule has 0 saturated carbocycles. The molecule has 3 N–H and O–H groups in total. The van der Waals surface area contributed by atoms with E-state index in [4.69, 9.17) is 9.57 Å². The van der Waals surface area contributed by atoms with Gasteiger partial charge in [0.05, 0.1) is 12.5 Å². The van der Waals surface area contributed by atoms with Crippen LogP contribution in [0.5, 0.6) is 0 Å². The molecule has 9 nitrogen and oxygen atoms in total. The first-order valence-corrected chi connectivity index (χ1v) is 15.3. The maximum Gasteiger partial charge on any atom is 0.248 e. The lowest BCUT2D eigenvalue weighted by Crippen LogP contribution is -2.60. The largest absolute Gasteiger partial charge is 0.350 e. The van der Waals surface area contributed by atoms with Gasteiger partial charge in [-0.1, -0.05) is 70.2 Å². The summed E-state index contributed by atoms with van der Waals surface area (Å²) in [5.41, 5.74) is 7.78. The van der Waals surface area contributed by atoms with Crippen LogP contribution in [0.15, 0.2) is 36.4 Å². The first kappa shape index (κ1) is 32.9. The van der Waals surface area contributed by atoms with E-state index >= 15 is 0 Å². The predicted octanol–water partition coefficient (Wildman–Crippen LogP) is 4.25. The summed E-state index contributed by atoms with van der Waals surface area (Å²) >= 11 is 0. The van der Waals surface area contributed by atoms with Crippen molar-refractivity contribution in [3.63, 3.8) is 0 Å². The summed E-state index contributed by atoms with van der Waals surface area (Å²) in [5.74, 6) is -1.94. The second-order valence-corrected chi connectivity index (χ2v) is 12.2. The van der Waals surface area contributed by atoms with E-state index in [1.54, 1.807) is 0 Å². The number of rotatable bonds is 16. The van der Waals surface area contributed by atoms with Crippen molar-refractivity contribution >= 4 is 23.7 Å². The van der Waals surface area contributed by atoms with Crippen LogP contribution < -0.4 is 16.3 Å². The Morgan fingerprint density at radius 3 is 2.41 bits per heavy atom. The lowest BCUT2D eigenvalue weighted by atomic mass is 9.64. The number of hydrogen-bond acceptors (Lipinski definition) is 7. The predicted molar refractivity (Wildman–Crippen MR) is 160 cm³/mol. The summed E-state index contributed by atoms with van der Waals surface area (Å²) in [6.07, 6.45) is 8.27. The van der Waals surface area contributed by atoms with Crippen molar-refractivity contribution in [3.05, 3.63) is 42.0 Å². The maximum atomic E-state index is 14.4. The summed E-state index contributed by atoms with van der Waals surface area (Å²) in [7, 11) is 0. The Hall–Kier alpha value is -2.59. The lowest BCUT2D eigenvalue weighted by molar-refractivity contribution is -0.204. The van der Waals surface area contributed by atoms with Gasteiger partial charge in [-0.3, -0.25) is 24.7 Å². The normalized spacial score (nSPS) is 20.3. The Bertz CT molecular complexity index is 987. The van der Waals surface area contributed by atoms with Gasteiger partial charge in [0.2, 0.25) is 11.8 Å². The van der Waals surface area contributed by atoms with Gasteiger partial charge in [-0.2, -0.15) is 0 Å². The lowest BCUT2D eigenvalue weighted by Gasteiger charge is -2.39. The molecule has 2 heterocycles. The van der Waals surface area contributed by atoms with E-state index < -0.39 is 29.4 Å². The number of carbonyl (C=O) groups is 3. The number of hydrazine groups is 1. The second kappa shape index (κ2) is 16.8. The third-order valence-corrected chi connectivity index (χ3v) is 7.73. The fraction of sp³-hybridized carbons (Fsp3) is 0.656. The van der Waals surface area contributed by atoms with E-state index in [1.165, 1.54) is 0 Å². The van der Waals surface area contributed by atoms with Crippen molar-refractivity contribution < 1.29 is 24.0 Å². The van der Waals surface area contributed by atoms with Crippen molar-refractivity contribution in [1.29, 1.82) is 0 Å². The van der Waals surface area contributed by atoms with Crippen LogP contribution in [0.2, 0.25) is 0 Å². The van der Waals surface area contributed by atoms with Gasteiger partial charge in [0, 0.05) is 19.6 Å². The van der Waals surface area contributed by atoms with Crippen molar-refractivity contribution in [2.24, 2.45) is 23.2 Å². The molecule has 2 aliphatic heterocycles. The number of nitrogens with zero attached hydrogens (tertiary/aromatic N) is 1. The van der Waals surface area contributed by atoms with Crippen LogP contribution in [0.3, 0.4) is 0 Å². The zero-order chi connectivity index (χ0) is 29.7. The molecule has 2 aliphatic rings. The fourth-order valence-electron chi connectivity index (χ4n) is 5.64. The third kappa shape index (κ3) is 10.0. The molecule has 3 atom stereocenters. The van der Waals surface area contributed by atoms with Gasteiger partial charge in [0.15, 0.2) is 12.1 Å². The number of hydroxylamine groups is 1. The number of hydrogen-bond donors (Lipinski definition) is 3. The van der Waals surface area contributed by atoms with Gasteiger partial charge in [-0.15, -0.1) is 0 Å². The van der Waals surface area contributed by atoms with Crippen LogP contribution in [0.1, 0.15) is 78.2 Å². The average molecular weight is 571 g/mol. The van der Waals surface area contributed by atoms with Crippen molar-refractivity contribution in [2.45, 2.75) is 78.9 Å². The Balaban J connectivity index is 1.98. The number of nitrogens with one attached hydrogen (secondary N) is 3. The molecule has 9 heteroatoms. The molecule has 2 saturated heterocycles. The summed E-state index contributed by atoms with van der Waals surface area (Å²) in [4.78, 5) is 50.3. The van der Waals surface area contributed by atoms with Crippen molar-refractivity contribution in [3.8, 4) is 0 Å². The third-order valence-electron chi connectivity index (χ3n) is 7.73. The van der Waals surface area contributed by atoms with Gasteiger partial charge < -0.3 is 4.74 Å². The smallest absolute Gasteiger partial charge is 0.248 e. The Morgan fingerprint density at radius 1 is 1.05 bits per heavy atom. The molecule has 41 heavy (non-hydrogen) atoms. The highest BCUT2D eigenvalue weighted by Gasteiger charge is 2.54. The molecule has 3 rings (SSSR count). The highest BCUT2D eigenvalue weighted by molar-refractivity contribution is 6.10. The number of allylic oxidation sites excluding steroid dienone is 1. The van der Waals surface area contributed by atoms with Crippen molar-refractivity contribution in [1.82, 2.24) is 21.2 Å². The van der Waals surface area contributed by atoms with E-state index in [-0.39, 0.29) is 37.0 Å². The standard InChI is InChI=1S/C32H50N4O5/c1-24(2)21-32(31(39)34-33-22-25(3)4,28(37)23-36-18-9-10-19-36)27(16-12-15-26-13-6-5-7-14-26)30(38)35-41-29-17-8-11-20-40-29/h5-7,12-15,24-25,27,29,33H,8-11,16-23H2,1-4H3,(H,34,39)(H,35,38)/t27-,29?,32-/m1/s1. The minimum atomic E-state index is -1.61. The van der Waals surface area contributed by atoms with E-state index in [1.807, 2.05) is 70.2 Å². The molecule has 1 unspecified atom stereocenters. The van der Waals surface area contributed by atoms with Crippen molar-refractivity contribution in [2.75, 3.05) is 32.8 Å². The van der Waals surface area contributed by atoms with Crippen LogP contribution in [-0.2, 0) is 24.0 Å². The number of ether oxygens (including phenoxy) is 1. The fourth-order valence-corrected chi connectivity index (χ4v) is 5.64. The topological polar surface area (TPSA) is 109 Å². The molecule has 2 fully saturated rings. The van der Waals surface area contributed by atoms with Gasteiger partial charge >= 0.3 is 0 Å². The van der Waals surface area contributed by atoms with E-state index in [2.05, 4.69) is 21.2 Å². The molecule has 1 aromatic carbocycles. The number of Topliss-reactive ketones (excluding diaryl/α,β-unsaturated/α-hetero) is 1. The van der Waals surface area contributed by atoms with Gasteiger partial charge in [-0.25, -0.2) is 15.7 Å². The minimum absolute atomic E-state index is 0.0237. The van der Waals surface area contributed by atoms with Crippen LogP contribution in [0.4, 0.5) is 0 Å². The molecular formula is C32H50N4O5. The monoisotopic (exact) mass is 570 g/mol. The average Bonchev–Trinajstić information content (AvgIpc) is 3.46. The number of carbonyl (C=O) groups excluding carboxylic acids is 3. The van der Waals surface area contributed by atoms with Gasteiger partial charge in [0.25, 0.3) is 0 Å². The number of ketones is 1. The zero-order valence-electron chi connectivity index (χ0n) is 25.3. The number of likely N-dealkylation sites (tertiary alicyclic amines) is 1.